The van der Waals surface area contributed by atoms with Crippen LogP contribution >= 0.6 is 12.4 Å². The van der Waals surface area contributed by atoms with Gasteiger partial charge in [-0.05, 0) is 17.7 Å². The lowest BCUT2D eigenvalue weighted by Gasteiger charge is -2.35. The first-order valence-corrected chi connectivity index (χ1v) is 10.4. The molecule has 0 unspecified atom stereocenters. The number of carbonyl (C=O) groups is 1. The van der Waals surface area contributed by atoms with Gasteiger partial charge >= 0.3 is 0 Å². The van der Waals surface area contributed by atoms with E-state index >= 15 is 0 Å². The lowest BCUT2D eigenvalue weighted by molar-refractivity contribution is 0.0970. The van der Waals surface area contributed by atoms with Crippen LogP contribution in [-0.4, -0.2) is 69.2 Å². The van der Waals surface area contributed by atoms with Crippen LogP contribution in [0.1, 0.15) is 21.5 Å². The van der Waals surface area contributed by atoms with E-state index in [0.29, 0.717) is 29.4 Å². The number of amides is 1. The molecule has 180 valence electrons. The third kappa shape index (κ3) is 6.50. The average Bonchev–Trinajstić information content (AvgIpc) is 2.79. The molecule has 1 aliphatic heterocycles. The zero-order valence-corrected chi connectivity index (χ0v) is 20.0. The summed E-state index contributed by atoms with van der Waals surface area (Å²) in [6.45, 7) is 4.93. The maximum Gasteiger partial charge on any atom is 0.258 e. The van der Waals surface area contributed by atoms with Crippen LogP contribution in [-0.2, 0) is 13.1 Å². The summed E-state index contributed by atoms with van der Waals surface area (Å²) in [6.07, 6.45) is 0. The van der Waals surface area contributed by atoms with E-state index in [1.807, 2.05) is 30.3 Å². The second-order valence-corrected chi connectivity index (χ2v) is 7.57. The van der Waals surface area contributed by atoms with Crippen LogP contribution in [0.15, 0.2) is 36.4 Å². The molecular formula is C23H32ClN5O4. The van der Waals surface area contributed by atoms with E-state index in [9.17, 15) is 4.79 Å². The second-order valence-electron chi connectivity index (χ2n) is 7.57. The molecule has 33 heavy (non-hydrogen) atoms. The molecule has 0 radical (unpaired) electrons. The number of ether oxygens (including phenoxy) is 3. The Morgan fingerprint density at radius 1 is 0.909 bits per heavy atom. The van der Waals surface area contributed by atoms with E-state index in [1.54, 1.807) is 27.4 Å². The number of halogens is 1. The minimum absolute atomic E-state index is 0. The van der Waals surface area contributed by atoms with Gasteiger partial charge in [-0.25, -0.2) is 0 Å². The summed E-state index contributed by atoms with van der Waals surface area (Å²) in [5.41, 5.74) is 7.82. The van der Waals surface area contributed by atoms with Crippen molar-refractivity contribution in [1.82, 2.24) is 15.1 Å². The zero-order chi connectivity index (χ0) is 23.1. The quantitative estimate of drug-likeness (QED) is 0.394. The van der Waals surface area contributed by atoms with Gasteiger partial charge in [0.05, 0.1) is 21.3 Å². The molecule has 2 aromatic carbocycles. The number of carbonyl (C=O) groups excluding carboxylic acids is 1. The van der Waals surface area contributed by atoms with Gasteiger partial charge in [0.1, 0.15) is 0 Å². The molecule has 1 saturated heterocycles. The van der Waals surface area contributed by atoms with E-state index < -0.39 is 0 Å². The van der Waals surface area contributed by atoms with Crippen molar-refractivity contribution in [3.8, 4) is 17.2 Å². The Morgan fingerprint density at radius 2 is 1.48 bits per heavy atom. The Kier molecular flexibility index (Phi) is 9.77. The number of hydrogen-bond acceptors (Lipinski definition) is 7. The lowest BCUT2D eigenvalue weighted by atomic mass is 10.1. The van der Waals surface area contributed by atoms with E-state index in [0.717, 1.165) is 43.9 Å². The van der Waals surface area contributed by atoms with E-state index in [4.69, 9.17) is 25.4 Å². The maximum atomic E-state index is 12.3. The number of hydrogen-bond donors (Lipinski definition) is 3. The molecule has 1 fully saturated rings. The van der Waals surface area contributed by atoms with Gasteiger partial charge in [-0.1, -0.05) is 24.3 Å². The second kappa shape index (κ2) is 12.3. The van der Waals surface area contributed by atoms with Crippen LogP contribution in [0.25, 0.3) is 0 Å². The number of guanidine groups is 1. The molecule has 10 heteroatoms. The Hall–Kier alpha value is -3.01. The number of nitrogens with zero attached hydrogens (tertiary/aromatic N) is 2. The van der Waals surface area contributed by atoms with Gasteiger partial charge in [-0.15, -0.1) is 12.4 Å². The third-order valence-electron chi connectivity index (χ3n) is 5.55. The minimum atomic E-state index is -0.357. The van der Waals surface area contributed by atoms with Crippen LogP contribution in [0.5, 0.6) is 17.2 Å². The molecule has 9 nitrogen and oxygen atoms in total. The van der Waals surface area contributed by atoms with Crippen molar-refractivity contribution in [2.45, 2.75) is 13.1 Å². The first kappa shape index (κ1) is 26.2. The molecule has 2 aromatic rings. The first-order chi connectivity index (χ1) is 15.5. The molecule has 4 N–H and O–H groups in total. The number of methoxy groups -OCH3 is 3. The SMILES string of the molecule is COc1ccc(CN2CCN(Cc3ccccc3C(=O)NC(=N)N)CC2)c(OC)c1OC.Cl. The van der Waals surface area contributed by atoms with Crippen molar-refractivity contribution in [3.05, 3.63) is 53.1 Å². The van der Waals surface area contributed by atoms with Gasteiger partial charge in [0.15, 0.2) is 17.5 Å². The van der Waals surface area contributed by atoms with Gasteiger partial charge in [-0.2, -0.15) is 0 Å². The van der Waals surface area contributed by atoms with Crippen molar-refractivity contribution in [2.24, 2.45) is 5.73 Å². The third-order valence-corrected chi connectivity index (χ3v) is 5.55. The Labute approximate surface area is 200 Å². The number of rotatable bonds is 8. The van der Waals surface area contributed by atoms with Gasteiger partial charge in [-0.3, -0.25) is 25.3 Å². The Morgan fingerprint density at radius 3 is 2.03 bits per heavy atom. The van der Waals surface area contributed by atoms with Crippen LogP contribution in [0, 0.1) is 5.41 Å². The molecule has 1 amide bonds. The summed E-state index contributed by atoms with van der Waals surface area (Å²) in [5.74, 6) is 1.23. The van der Waals surface area contributed by atoms with Crippen LogP contribution in [0.3, 0.4) is 0 Å². The highest BCUT2D eigenvalue weighted by Gasteiger charge is 2.22. The highest BCUT2D eigenvalue weighted by atomic mass is 35.5. The van der Waals surface area contributed by atoms with Crippen LogP contribution in [0.4, 0.5) is 0 Å². The highest BCUT2D eigenvalue weighted by Crippen LogP contribution is 2.40. The summed E-state index contributed by atoms with van der Waals surface area (Å²) < 4.78 is 16.5. The summed E-state index contributed by atoms with van der Waals surface area (Å²) >= 11 is 0. The molecule has 0 saturated carbocycles. The normalized spacial score (nSPS) is 14.2. The first-order valence-electron chi connectivity index (χ1n) is 10.4. The molecular weight excluding hydrogens is 446 g/mol. The molecule has 0 spiro atoms. The van der Waals surface area contributed by atoms with Crippen LogP contribution < -0.4 is 25.3 Å². The van der Waals surface area contributed by atoms with Gasteiger partial charge in [0.2, 0.25) is 5.75 Å². The number of benzene rings is 2. The van der Waals surface area contributed by atoms with Crippen molar-refractivity contribution < 1.29 is 19.0 Å². The molecule has 0 bridgehead atoms. The number of nitrogens with two attached hydrogens (primary N) is 1. The van der Waals surface area contributed by atoms with E-state index in [-0.39, 0.29) is 24.3 Å². The fourth-order valence-corrected chi connectivity index (χ4v) is 3.94. The molecule has 0 atom stereocenters. The highest BCUT2D eigenvalue weighted by molar-refractivity contribution is 6.05. The average molecular weight is 478 g/mol. The Bertz CT molecular complexity index is 964. The fourth-order valence-electron chi connectivity index (χ4n) is 3.94. The maximum absolute atomic E-state index is 12.3. The monoisotopic (exact) mass is 477 g/mol. The van der Waals surface area contributed by atoms with Crippen molar-refractivity contribution >= 4 is 24.3 Å². The standard InChI is InChI=1S/C23H31N5O4.ClH/c1-30-19-9-8-17(20(31-2)21(19)32-3)15-28-12-10-27(11-13-28)14-16-6-4-5-7-18(16)22(29)26-23(24)25;/h4-9H,10-15H2,1-3H3,(H4,24,25,26,29);1H. The van der Waals surface area contributed by atoms with Gasteiger partial charge < -0.3 is 19.9 Å². The number of piperazine rings is 1. The fraction of sp³-hybridized carbons (Fsp3) is 0.391. The molecule has 0 aromatic heterocycles. The van der Waals surface area contributed by atoms with Gasteiger partial charge in [0.25, 0.3) is 5.91 Å². The zero-order valence-electron chi connectivity index (χ0n) is 19.2. The predicted molar refractivity (Wildman–Crippen MR) is 130 cm³/mol. The van der Waals surface area contributed by atoms with Crippen molar-refractivity contribution in [3.63, 3.8) is 0 Å². The summed E-state index contributed by atoms with van der Waals surface area (Å²) in [6, 6.07) is 11.3. The minimum Gasteiger partial charge on any atom is -0.493 e. The predicted octanol–water partition coefficient (Wildman–Crippen LogP) is 2.08. The van der Waals surface area contributed by atoms with Crippen molar-refractivity contribution in [1.29, 1.82) is 5.41 Å². The molecule has 1 heterocycles. The van der Waals surface area contributed by atoms with Crippen LogP contribution in [0.2, 0.25) is 0 Å². The topological polar surface area (TPSA) is 113 Å². The van der Waals surface area contributed by atoms with E-state index in [1.165, 1.54) is 0 Å². The largest absolute Gasteiger partial charge is 0.493 e. The van der Waals surface area contributed by atoms with Crippen molar-refractivity contribution in [2.75, 3.05) is 47.5 Å². The molecule has 1 aliphatic rings. The Balaban J connectivity index is 0.00000385. The lowest BCUT2D eigenvalue weighted by Crippen LogP contribution is -2.45. The number of nitrogens with one attached hydrogen (secondary N) is 2. The molecule has 0 aliphatic carbocycles. The summed E-state index contributed by atoms with van der Waals surface area (Å²) in [7, 11) is 4.86. The smallest absolute Gasteiger partial charge is 0.258 e. The van der Waals surface area contributed by atoms with Gasteiger partial charge in [0, 0.05) is 50.4 Å². The summed E-state index contributed by atoms with van der Waals surface area (Å²) in [5, 5.41) is 9.66. The molecule has 3 rings (SSSR count). The summed E-state index contributed by atoms with van der Waals surface area (Å²) in [4.78, 5) is 17.0. The van der Waals surface area contributed by atoms with E-state index in [2.05, 4.69) is 15.1 Å².